The first-order valence-corrected chi connectivity index (χ1v) is 7.79. The number of rotatable bonds is 5. The molecule has 3 rings (SSSR count). The highest BCUT2D eigenvalue weighted by molar-refractivity contribution is 9.10. The smallest absolute Gasteiger partial charge is 0.120 e. The maximum Gasteiger partial charge on any atom is 0.120 e. The van der Waals surface area contributed by atoms with E-state index in [4.69, 9.17) is 9.47 Å². The number of allylic oxidation sites excluding steroid dienone is 1. The lowest BCUT2D eigenvalue weighted by Gasteiger charge is -2.11. The highest BCUT2D eigenvalue weighted by atomic mass is 79.9. The Labute approximate surface area is 133 Å². The average Bonchev–Trinajstić information content (AvgIpc) is 3.33. The molecule has 0 amide bonds. The van der Waals surface area contributed by atoms with Crippen LogP contribution in [0.25, 0.3) is 5.57 Å². The standard InChI is InChI=1S/C18H17BrO2/c1-20-16-7-9-17(10-8-16)21-12-18(13-5-6-13)14-3-2-4-15(19)11-14/h2-4,7-11H,5-6,12H2,1H3. The molecule has 3 heteroatoms. The first-order chi connectivity index (χ1) is 10.3. The largest absolute Gasteiger partial charge is 0.497 e. The van der Waals surface area contributed by atoms with E-state index in [1.807, 2.05) is 30.3 Å². The fraction of sp³-hybridized carbons (Fsp3) is 0.222. The van der Waals surface area contributed by atoms with Gasteiger partial charge in [-0.05, 0) is 60.4 Å². The zero-order chi connectivity index (χ0) is 14.7. The van der Waals surface area contributed by atoms with Crippen molar-refractivity contribution in [3.63, 3.8) is 0 Å². The highest BCUT2D eigenvalue weighted by Gasteiger charge is 2.19. The molecule has 1 fully saturated rings. The van der Waals surface area contributed by atoms with E-state index in [1.165, 1.54) is 29.6 Å². The molecular formula is C18H17BrO2. The van der Waals surface area contributed by atoms with Gasteiger partial charge in [0.05, 0.1) is 7.11 Å². The van der Waals surface area contributed by atoms with Crippen molar-refractivity contribution in [3.8, 4) is 11.5 Å². The van der Waals surface area contributed by atoms with Gasteiger partial charge in [0.1, 0.15) is 18.1 Å². The summed E-state index contributed by atoms with van der Waals surface area (Å²) in [5, 5.41) is 0. The highest BCUT2D eigenvalue weighted by Crippen LogP contribution is 2.37. The van der Waals surface area contributed by atoms with Crippen molar-refractivity contribution in [2.24, 2.45) is 0 Å². The molecule has 2 aromatic carbocycles. The van der Waals surface area contributed by atoms with Gasteiger partial charge in [0.25, 0.3) is 0 Å². The van der Waals surface area contributed by atoms with E-state index in [1.54, 1.807) is 7.11 Å². The van der Waals surface area contributed by atoms with E-state index >= 15 is 0 Å². The topological polar surface area (TPSA) is 18.5 Å². The fourth-order valence-corrected chi connectivity index (χ4v) is 2.66. The average molecular weight is 345 g/mol. The monoisotopic (exact) mass is 344 g/mol. The van der Waals surface area contributed by atoms with Gasteiger partial charge in [0, 0.05) is 4.47 Å². The van der Waals surface area contributed by atoms with Crippen molar-refractivity contribution >= 4 is 21.5 Å². The molecule has 0 aromatic heterocycles. The molecule has 1 saturated carbocycles. The SMILES string of the molecule is COc1ccc(OCC(=C2CC2)c2cccc(Br)c2)cc1. The summed E-state index contributed by atoms with van der Waals surface area (Å²) < 4.78 is 12.2. The van der Waals surface area contributed by atoms with Crippen molar-refractivity contribution in [3.05, 3.63) is 64.1 Å². The molecule has 1 aliphatic carbocycles. The van der Waals surface area contributed by atoms with Gasteiger partial charge in [-0.1, -0.05) is 33.6 Å². The predicted octanol–water partition coefficient (Wildman–Crippen LogP) is 5.08. The van der Waals surface area contributed by atoms with E-state index in [0.29, 0.717) is 6.61 Å². The minimum Gasteiger partial charge on any atom is -0.497 e. The number of methoxy groups -OCH3 is 1. The molecular weight excluding hydrogens is 328 g/mol. The van der Waals surface area contributed by atoms with Crippen molar-refractivity contribution in [2.45, 2.75) is 12.8 Å². The third-order valence-electron chi connectivity index (χ3n) is 3.54. The summed E-state index contributed by atoms with van der Waals surface area (Å²) in [7, 11) is 1.67. The van der Waals surface area contributed by atoms with Crippen molar-refractivity contribution < 1.29 is 9.47 Å². The first kappa shape index (κ1) is 14.2. The van der Waals surface area contributed by atoms with Crippen LogP contribution < -0.4 is 9.47 Å². The third kappa shape index (κ3) is 3.67. The Morgan fingerprint density at radius 3 is 2.38 bits per heavy atom. The number of hydrogen-bond acceptors (Lipinski definition) is 2. The van der Waals surface area contributed by atoms with Crippen LogP contribution in [-0.2, 0) is 0 Å². The lowest BCUT2D eigenvalue weighted by Crippen LogP contribution is -2.01. The summed E-state index contributed by atoms with van der Waals surface area (Å²) in [4.78, 5) is 0. The van der Waals surface area contributed by atoms with E-state index in [-0.39, 0.29) is 0 Å². The van der Waals surface area contributed by atoms with Gasteiger partial charge in [-0.2, -0.15) is 0 Å². The Morgan fingerprint density at radius 1 is 1.05 bits per heavy atom. The van der Waals surface area contributed by atoms with E-state index in [9.17, 15) is 0 Å². The summed E-state index contributed by atoms with van der Waals surface area (Å²) in [6.07, 6.45) is 2.38. The van der Waals surface area contributed by atoms with Gasteiger partial charge >= 0.3 is 0 Å². The van der Waals surface area contributed by atoms with Crippen LogP contribution in [0, 0.1) is 0 Å². The van der Waals surface area contributed by atoms with Crippen molar-refractivity contribution in [1.29, 1.82) is 0 Å². The number of benzene rings is 2. The van der Waals surface area contributed by atoms with Gasteiger partial charge in [-0.25, -0.2) is 0 Å². The lowest BCUT2D eigenvalue weighted by molar-refractivity contribution is 0.367. The Balaban J connectivity index is 1.73. The second-order valence-electron chi connectivity index (χ2n) is 5.06. The van der Waals surface area contributed by atoms with Crippen molar-refractivity contribution in [1.82, 2.24) is 0 Å². The van der Waals surface area contributed by atoms with Crippen LogP contribution in [0.15, 0.2) is 58.6 Å². The molecule has 2 aromatic rings. The molecule has 0 unspecified atom stereocenters. The summed E-state index contributed by atoms with van der Waals surface area (Å²) >= 11 is 3.53. The summed E-state index contributed by atoms with van der Waals surface area (Å²) in [6, 6.07) is 16.1. The molecule has 0 saturated heterocycles. The first-order valence-electron chi connectivity index (χ1n) is 7.00. The molecule has 108 valence electrons. The normalized spacial score (nSPS) is 13.0. The minimum absolute atomic E-state index is 0.609. The van der Waals surface area contributed by atoms with Crippen LogP contribution in [0.5, 0.6) is 11.5 Å². The predicted molar refractivity (Wildman–Crippen MR) is 88.8 cm³/mol. The molecule has 0 spiro atoms. The maximum atomic E-state index is 5.93. The molecule has 21 heavy (non-hydrogen) atoms. The molecule has 0 heterocycles. The minimum atomic E-state index is 0.609. The van der Waals surface area contributed by atoms with Crippen LogP contribution >= 0.6 is 15.9 Å². The number of halogens is 1. The summed E-state index contributed by atoms with van der Waals surface area (Å²) in [5.41, 5.74) is 4.05. The molecule has 0 radical (unpaired) electrons. The molecule has 0 N–H and O–H groups in total. The van der Waals surface area contributed by atoms with Crippen LogP contribution in [0.4, 0.5) is 0 Å². The molecule has 0 aliphatic heterocycles. The van der Waals surface area contributed by atoms with Gasteiger partial charge in [-0.3, -0.25) is 0 Å². The van der Waals surface area contributed by atoms with E-state index < -0.39 is 0 Å². The van der Waals surface area contributed by atoms with Gasteiger partial charge < -0.3 is 9.47 Å². The van der Waals surface area contributed by atoms with E-state index in [0.717, 1.165) is 16.0 Å². The number of hydrogen-bond donors (Lipinski definition) is 0. The van der Waals surface area contributed by atoms with Crippen LogP contribution in [0.1, 0.15) is 18.4 Å². The van der Waals surface area contributed by atoms with Crippen LogP contribution in [-0.4, -0.2) is 13.7 Å². The summed E-state index contributed by atoms with van der Waals surface area (Å²) in [5.74, 6) is 1.71. The lowest BCUT2D eigenvalue weighted by atomic mass is 10.1. The molecule has 1 aliphatic rings. The van der Waals surface area contributed by atoms with E-state index in [2.05, 4.69) is 34.1 Å². The molecule has 0 atom stereocenters. The maximum absolute atomic E-state index is 5.93. The Kier molecular flexibility index (Phi) is 4.30. The van der Waals surface area contributed by atoms with Gasteiger partial charge in [0.2, 0.25) is 0 Å². The van der Waals surface area contributed by atoms with Gasteiger partial charge in [-0.15, -0.1) is 0 Å². The Morgan fingerprint density at radius 2 is 1.76 bits per heavy atom. The molecule has 2 nitrogen and oxygen atoms in total. The quantitative estimate of drug-likeness (QED) is 0.752. The third-order valence-corrected chi connectivity index (χ3v) is 4.04. The van der Waals surface area contributed by atoms with Crippen LogP contribution in [0.3, 0.4) is 0 Å². The molecule has 0 bridgehead atoms. The Hall–Kier alpha value is -1.74. The summed E-state index contributed by atoms with van der Waals surface area (Å²) in [6.45, 7) is 0.609. The zero-order valence-corrected chi connectivity index (χ0v) is 13.5. The van der Waals surface area contributed by atoms with Crippen LogP contribution in [0.2, 0.25) is 0 Å². The van der Waals surface area contributed by atoms with Gasteiger partial charge in [0.15, 0.2) is 0 Å². The number of ether oxygens (including phenoxy) is 2. The second kappa shape index (κ2) is 6.35. The Bertz CT molecular complexity index is 653. The zero-order valence-electron chi connectivity index (χ0n) is 11.9. The second-order valence-corrected chi connectivity index (χ2v) is 5.97. The van der Waals surface area contributed by atoms with Crippen molar-refractivity contribution in [2.75, 3.05) is 13.7 Å². The fourth-order valence-electron chi connectivity index (χ4n) is 2.26.